The molecule has 158 valence electrons. The van der Waals surface area contributed by atoms with E-state index < -0.39 is 0 Å². The van der Waals surface area contributed by atoms with Crippen molar-refractivity contribution < 1.29 is 4.74 Å². The number of nitrogens with one attached hydrogen (secondary N) is 1. The van der Waals surface area contributed by atoms with Gasteiger partial charge in [0.25, 0.3) is 0 Å². The van der Waals surface area contributed by atoms with Crippen LogP contribution in [0.3, 0.4) is 0 Å². The Morgan fingerprint density at radius 3 is 2.46 bits per heavy atom. The number of unbranched alkanes of at least 4 members (excludes halogenated alkanes) is 1. The predicted molar refractivity (Wildman–Crippen MR) is 118 cm³/mol. The van der Waals surface area contributed by atoms with Gasteiger partial charge in [-0.05, 0) is 45.0 Å². The third-order valence-corrected chi connectivity index (χ3v) is 5.19. The second kappa shape index (κ2) is 13.4. The highest BCUT2D eigenvalue weighted by atomic mass is 16.5. The number of likely N-dealkylation sites (N-methyl/N-ethyl adjacent to an activating group) is 2. The van der Waals surface area contributed by atoms with Crippen LogP contribution in [0.5, 0.6) is 5.75 Å². The number of piperazine rings is 1. The fourth-order valence-electron chi connectivity index (χ4n) is 3.35. The molecule has 0 bridgehead atoms. The van der Waals surface area contributed by atoms with Gasteiger partial charge >= 0.3 is 0 Å². The number of para-hydroxylation sites is 1. The van der Waals surface area contributed by atoms with Crippen molar-refractivity contribution in [2.24, 2.45) is 4.99 Å². The summed E-state index contributed by atoms with van der Waals surface area (Å²) in [4.78, 5) is 12.1. The smallest absolute Gasteiger partial charge is 0.193 e. The minimum absolute atomic E-state index is 0.647. The Morgan fingerprint density at radius 1 is 1.07 bits per heavy atom. The van der Waals surface area contributed by atoms with Crippen molar-refractivity contribution in [3.8, 4) is 5.75 Å². The Bertz CT molecular complexity index is 543. The summed E-state index contributed by atoms with van der Waals surface area (Å²) in [5.74, 6) is 1.88. The molecule has 0 unspecified atom stereocenters. The van der Waals surface area contributed by atoms with Gasteiger partial charge in [-0.2, -0.15) is 0 Å². The van der Waals surface area contributed by atoms with E-state index in [4.69, 9.17) is 9.73 Å². The van der Waals surface area contributed by atoms with Crippen molar-refractivity contribution >= 4 is 5.96 Å². The molecule has 1 heterocycles. The number of nitrogens with zero attached hydrogens (tertiary/aromatic N) is 4. The molecule has 1 fully saturated rings. The molecule has 1 aromatic carbocycles. The van der Waals surface area contributed by atoms with Gasteiger partial charge in [-0.25, -0.2) is 0 Å². The molecule has 0 aliphatic carbocycles. The van der Waals surface area contributed by atoms with Gasteiger partial charge < -0.3 is 24.8 Å². The molecule has 2 rings (SSSR count). The van der Waals surface area contributed by atoms with Gasteiger partial charge in [0.2, 0.25) is 0 Å². The van der Waals surface area contributed by atoms with Crippen LogP contribution in [0.1, 0.15) is 26.7 Å². The zero-order valence-electron chi connectivity index (χ0n) is 18.1. The molecule has 6 nitrogen and oxygen atoms in total. The summed E-state index contributed by atoms with van der Waals surface area (Å²) >= 11 is 0. The van der Waals surface area contributed by atoms with Gasteiger partial charge in [0, 0.05) is 46.3 Å². The van der Waals surface area contributed by atoms with Crippen molar-refractivity contribution in [1.29, 1.82) is 0 Å². The molecule has 1 saturated heterocycles. The average Bonchev–Trinajstić information content (AvgIpc) is 2.74. The molecule has 0 spiro atoms. The first-order chi connectivity index (χ1) is 13.7. The third-order valence-electron chi connectivity index (χ3n) is 5.19. The van der Waals surface area contributed by atoms with E-state index in [1.165, 1.54) is 45.7 Å². The van der Waals surface area contributed by atoms with Crippen LogP contribution < -0.4 is 10.1 Å². The van der Waals surface area contributed by atoms with Crippen LogP contribution in [-0.4, -0.2) is 93.2 Å². The van der Waals surface area contributed by atoms with E-state index in [0.717, 1.165) is 37.8 Å². The fraction of sp³-hybridized carbons (Fsp3) is 0.682. The lowest BCUT2D eigenvalue weighted by atomic mass is 10.2. The van der Waals surface area contributed by atoms with E-state index in [9.17, 15) is 0 Å². The van der Waals surface area contributed by atoms with Crippen LogP contribution in [0, 0.1) is 0 Å². The van der Waals surface area contributed by atoms with Gasteiger partial charge in [0.1, 0.15) is 12.4 Å². The normalized spacial score (nSPS) is 16.2. The maximum absolute atomic E-state index is 5.80. The lowest BCUT2D eigenvalue weighted by Gasteiger charge is -2.33. The Hall–Kier alpha value is -1.79. The van der Waals surface area contributed by atoms with E-state index in [0.29, 0.717) is 6.61 Å². The summed E-state index contributed by atoms with van der Waals surface area (Å²) < 4.78 is 5.80. The molecule has 6 heteroatoms. The molecular weight excluding hydrogens is 350 g/mol. The molecule has 1 aliphatic rings. The Morgan fingerprint density at radius 2 is 1.79 bits per heavy atom. The summed E-state index contributed by atoms with van der Waals surface area (Å²) in [6.07, 6.45) is 2.35. The van der Waals surface area contributed by atoms with Crippen LogP contribution in [0.25, 0.3) is 0 Å². The van der Waals surface area contributed by atoms with Crippen molar-refractivity contribution in [3.05, 3.63) is 30.3 Å². The van der Waals surface area contributed by atoms with Crippen molar-refractivity contribution in [2.45, 2.75) is 26.7 Å². The molecule has 0 radical (unpaired) electrons. The lowest BCUT2D eigenvalue weighted by molar-refractivity contribution is 0.136. The van der Waals surface area contributed by atoms with E-state index in [1.807, 2.05) is 30.3 Å². The van der Waals surface area contributed by atoms with Crippen LogP contribution in [-0.2, 0) is 0 Å². The summed E-state index contributed by atoms with van der Waals surface area (Å²) in [6.45, 7) is 14.8. The second-order valence-corrected chi connectivity index (χ2v) is 7.30. The molecule has 1 aliphatic heterocycles. The first-order valence-electron chi connectivity index (χ1n) is 10.8. The number of ether oxygens (including phenoxy) is 1. The molecule has 0 saturated carbocycles. The fourth-order valence-corrected chi connectivity index (χ4v) is 3.35. The number of guanidine groups is 1. The van der Waals surface area contributed by atoms with Crippen LogP contribution >= 0.6 is 0 Å². The van der Waals surface area contributed by atoms with Gasteiger partial charge in [-0.3, -0.25) is 4.99 Å². The summed E-state index contributed by atoms with van der Waals surface area (Å²) in [5, 5.41) is 3.39. The van der Waals surface area contributed by atoms with Gasteiger partial charge in [0.15, 0.2) is 5.96 Å². The molecule has 0 amide bonds. The zero-order valence-corrected chi connectivity index (χ0v) is 18.1. The maximum atomic E-state index is 5.80. The third kappa shape index (κ3) is 8.48. The van der Waals surface area contributed by atoms with Crippen LogP contribution in [0.4, 0.5) is 0 Å². The highest BCUT2D eigenvalue weighted by molar-refractivity contribution is 5.79. The van der Waals surface area contributed by atoms with E-state index in [-0.39, 0.29) is 0 Å². The SMILES string of the molecule is CCNC(=NCCCCN1CCN(CC)CC1)N(C)CCOc1ccccc1. The Kier molecular flexibility index (Phi) is 10.8. The lowest BCUT2D eigenvalue weighted by Crippen LogP contribution is -2.46. The molecule has 1 N–H and O–H groups in total. The first-order valence-corrected chi connectivity index (χ1v) is 10.8. The van der Waals surface area contributed by atoms with Crippen LogP contribution in [0.2, 0.25) is 0 Å². The topological polar surface area (TPSA) is 43.3 Å². The monoisotopic (exact) mass is 389 g/mol. The van der Waals surface area contributed by atoms with Crippen LogP contribution in [0.15, 0.2) is 35.3 Å². The van der Waals surface area contributed by atoms with E-state index in [2.05, 4.69) is 40.9 Å². The van der Waals surface area contributed by atoms with Gasteiger partial charge in [-0.15, -0.1) is 0 Å². The summed E-state index contributed by atoms with van der Waals surface area (Å²) in [7, 11) is 2.07. The molecule has 1 aromatic rings. The Labute approximate surface area is 171 Å². The van der Waals surface area contributed by atoms with Crippen molar-refractivity contribution in [2.75, 3.05) is 72.6 Å². The predicted octanol–water partition coefficient (Wildman–Crippen LogP) is 2.38. The highest BCUT2D eigenvalue weighted by Crippen LogP contribution is 2.08. The Balaban J connectivity index is 1.63. The number of hydrogen-bond donors (Lipinski definition) is 1. The molecule has 0 atom stereocenters. The summed E-state index contributed by atoms with van der Waals surface area (Å²) in [5.41, 5.74) is 0. The molecule has 0 aromatic heterocycles. The minimum Gasteiger partial charge on any atom is -0.492 e. The highest BCUT2D eigenvalue weighted by Gasteiger charge is 2.14. The maximum Gasteiger partial charge on any atom is 0.193 e. The standard InChI is InChI=1S/C22H39N5O/c1-4-23-22(25(3)19-20-28-21-11-7-6-8-12-21)24-13-9-10-14-27-17-15-26(5-2)16-18-27/h6-8,11-12H,4-5,9-10,13-20H2,1-3H3,(H,23,24). The van der Waals surface area contributed by atoms with Gasteiger partial charge in [-0.1, -0.05) is 25.1 Å². The number of aliphatic imine (C=N–C) groups is 1. The largest absolute Gasteiger partial charge is 0.492 e. The minimum atomic E-state index is 0.647. The van der Waals surface area contributed by atoms with E-state index >= 15 is 0 Å². The number of benzene rings is 1. The van der Waals surface area contributed by atoms with Gasteiger partial charge in [0.05, 0.1) is 6.54 Å². The summed E-state index contributed by atoms with van der Waals surface area (Å²) in [6, 6.07) is 9.96. The number of hydrogen-bond acceptors (Lipinski definition) is 4. The number of rotatable bonds is 11. The molecule has 28 heavy (non-hydrogen) atoms. The van der Waals surface area contributed by atoms with E-state index in [1.54, 1.807) is 0 Å². The quantitative estimate of drug-likeness (QED) is 0.358. The second-order valence-electron chi connectivity index (χ2n) is 7.30. The average molecular weight is 390 g/mol. The first kappa shape index (κ1) is 22.5. The molecular formula is C22H39N5O. The van der Waals surface area contributed by atoms with Crippen molar-refractivity contribution in [3.63, 3.8) is 0 Å². The zero-order chi connectivity index (χ0) is 20.0. The van der Waals surface area contributed by atoms with Crippen molar-refractivity contribution in [1.82, 2.24) is 20.0 Å².